The zero-order valence-electron chi connectivity index (χ0n) is 16.4. The Morgan fingerprint density at radius 1 is 0.800 bits per heavy atom. The highest BCUT2D eigenvalue weighted by molar-refractivity contribution is 7.77. The van der Waals surface area contributed by atoms with Crippen molar-refractivity contribution in [3.8, 4) is 12.1 Å². The van der Waals surface area contributed by atoms with Crippen molar-refractivity contribution in [1.82, 2.24) is 0 Å². The van der Waals surface area contributed by atoms with Crippen molar-refractivity contribution in [3.63, 3.8) is 0 Å². The van der Waals surface area contributed by atoms with Gasteiger partial charge in [0.2, 0.25) is 0 Å². The topological polar surface area (TPSA) is 56.3 Å². The Hall–Kier alpha value is -3.69. The van der Waals surface area contributed by atoms with Crippen LogP contribution in [-0.2, 0) is 0 Å². The summed E-state index contributed by atoms with van der Waals surface area (Å²) in [7, 11) is -1.27. The van der Waals surface area contributed by atoms with Crippen molar-refractivity contribution in [2.45, 2.75) is 25.7 Å². The predicted molar refractivity (Wildman–Crippen MR) is 120 cm³/mol. The van der Waals surface area contributed by atoms with Crippen LogP contribution in [0.15, 0.2) is 82.9 Å². The molecule has 0 heterocycles. The second-order valence-corrected chi connectivity index (χ2v) is 9.05. The van der Waals surface area contributed by atoms with Crippen molar-refractivity contribution in [1.29, 1.82) is 10.5 Å². The molecule has 0 aromatic heterocycles. The molecule has 0 amide bonds. The number of allylic oxidation sites excluding steroid dienone is 4. The molecule has 2 aromatic rings. The SMILES string of the molecule is [C-]#[N+]/C(C#N)=C(/C(=C(/C#N)[N+]#[C-])P(c1ccccc1)c1ccccc1)C1CCCC1. The Labute approximate surface area is 178 Å². The van der Waals surface area contributed by atoms with Gasteiger partial charge in [-0.25, -0.2) is 20.2 Å². The maximum atomic E-state index is 9.86. The third-order valence-electron chi connectivity index (χ3n) is 5.19. The molecule has 0 saturated heterocycles. The van der Waals surface area contributed by atoms with Crippen LogP contribution in [0.3, 0.4) is 0 Å². The zero-order chi connectivity index (χ0) is 21.3. The van der Waals surface area contributed by atoms with Crippen LogP contribution < -0.4 is 10.6 Å². The van der Waals surface area contributed by atoms with Crippen LogP contribution in [0.1, 0.15) is 25.7 Å². The third-order valence-corrected chi connectivity index (χ3v) is 7.71. The summed E-state index contributed by atoms with van der Waals surface area (Å²) in [4.78, 5) is 7.09. The first-order chi connectivity index (χ1) is 14.7. The number of nitrogens with zero attached hydrogens (tertiary/aromatic N) is 4. The van der Waals surface area contributed by atoms with E-state index in [1.54, 1.807) is 0 Å². The van der Waals surface area contributed by atoms with Crippen LogP contribution >= 0.6 is 7.92 Å². The summed E-state index contributed by atoms with van der Waals surface area (Å²) in [5.41, 5.74) is 0.594. The van der Waals surface area contributed by atoms with Gasteiger partial charge in [-0.1, -0.05) is 73.5 Å². The van der Waals surface area contributed by atoms with E-state index in [1.807, 2.05) is 60.7 Å². The molecular weight excluding hydrogens is 387 g/mol. The molecule has 0 spiro atoms. The molecule has 1 aliphatic carbocycles. The first-order valence-corrected chi connectivity index (χ1v) is 11.0. The number of hydrogen-bond donors (Lipinski definition) is 0. The minimum atomic E-state index is -1.27. The molecule has 1 saturated carbocycles. The van der Waals surface area contributed by atoms with Crippen LogP contribution in [-0.4, -0.2) is 0 Å². The highest BCUT2D eigenvalue weighted by atomic mass is 31.1. The van der Waals surface area contributed by atoms with Crippen LogP contribution in [0.4, 0.5) is 0 Å². The molecule has 30 heavy (non-hydrogen) atoms. The lowest BCUT2D eigenvalue weighted by molar-refractivity contribution is 0.652. The molecule has 2 aromatic carbocycles. The average Bonchev–Trinajstić information content (AvgIpc) is 3.33. The van der Waals surface area contributed by atoms with Crippen molar-refractivity contribution in [3.05, 3.63) is 106 Å². The highest BCUT2D eigenvalue weighted by Gasteiger charge is 2.33. The van der Waals surface area contributed by atoms with Gasteiger partial charge in [-0.3, -0.25) is 0 Å². The smallest absolute Gasteiger partial charge is 0.226 e. The van der Waals surface area contributed by atoms with Gasteiger partial charge in [-0.05, 0) is 48.2 Å². The molecule has 0 N–H and O–H groups in total. The molecule has 1 aliphatic rings. The molecule has 0 bridgehead atoms. The standard InChI is InChI=1S/C25H19N4P/c1-28-22(17-26)24(19-11-9-10-12-19)25(23(18-27)29-2)30(20-13-5-3-6-14-20)21-15-7-4-8-16-21/h3-8,13-16,19H,9-12H2/b24-22+,25-23+. The van der Waals surface area contributed by atoms with E-state index in [4.69, 9.17) is 13.1 Å². The quantitative estimate of drug-likeness (QED) is 0.278. The number of benzene rings is 2. The molecule has 5 heteroatoms. The first kappa shape index (κ1) is 21.0. The first-order valence-electron chi connectivity index (χ1n) is 9.69. The minimum absolute atomic E-state index is 0.00709. The van der Waals surface area contributed by atoms with Crippen molar-refractivity contribution < 1.29 is 0 Å². The van der Waals surface area contributed by atoms with Gasteiger partial charge >= 0.3 is 0 Å². The molecule has 1 fully saturated rings. The van der Waals surface area contributed by atoms with Crippen molar-refractivity contribution in [2.75, 3.05) is 0 Å². The van der Waals surface area contributed by atoms with Gasteiger partial charge in [0.05, 0.1) is 25.3 Å². The zero-order valence-corrected chi connectivity index (χ0v) is 17.3. The fraction of sp³-hybridized carbons (Fsp3) is 0.200. The minimum Gasteiger partial charge on any atom is -0.226 e. The summed E-state index contributed by atoms with van der Waals surface area (Å²) in [6.45, 7) is 15.3. The Kier molecular flexibility index (Phi) is 7.14. The van der Waals surface area contributed by atoms with Crippen molar-refractivity contribution in [2.24, 2.45) is 5.92 Å². The predicted octanol–water partition coefficient (Wildman–Crippen LogP) is 5.66. The molecule has 0 radical (unpaired) electrons. The van der Waals surface area contributed by atoms with E-state index in [0.29, 0.717) is 10.9 Å². The van der Waals surface area contributed by atoms with E-state index < -0.39 is 7.92 Å². The Morgan fingerprint density at radius 3 is 1.67 bits per heavy atom. The van der Waals surface area contributed by atoms with Gasteiger partial charge in [-0.15, -0.1) is 0 Å². The highest BCUT2D eigenvalue weighted by Crippen LogP contribution is 2.53. The summed E-state index contributed by atoms with van der Waals surface area (Å²) in [6, 6.07) is 23.7. The summed E-state index contributed by atoms with van der Waals surface area (Å²) < 4.78 is 0. The van der Waals surface area contributed by atoms with Gasteiger partial charge in [0.1, 0.15) is 0 Å². The number of hydrogen-bond acceptors (Lipinski definition) is 2. The van der Waals surface area contributed by atoms with E-state index in [-0.39, 0.29) is 17.3 Å². The maximum Gasteiger partial charge on any atom is 0.269 e. The molecular formula is C25H19N4P. The van der Waals surface area contributed by atoms with E-state index in [1.165, 1.54) is 0 Å². The average molecular weight is 406 g/mol. The summed E-state index contributed by atoms with van der Waals surface area (Å²) in [5, 5.41) is 22.2. The largest absolute Gasteiger partial charge is 0.269 e. The fourth-order valence-electron chi connectivity index (χ4n) is 3.91. The second kappa shape index (κ2) is 10.2. The number of nitriles is 2. The molecule has 3 rings (SSSR count). The Morgan fingerprint density at radius 2 is 1.27 bits per heavy atom. The lowest BCUT2D eigenvalue weighted by Gasteiger charge is -2.28. The van der Waals surface area contributed by atoms with E-state index in [2.05, 4.69) is 21.8 Å². The monoisotopic (exact) mass is 406 g/mol. The molecule has 4 nitrogen and oxygen atoms in total. The Balaban J connectivity index is 2.40. The number of rotatable bonds is 5. The van der Waals surface area contributed by atoms with E-state index >= 15 is 0 Å². The van der Waals surface area contributed by atoms with Gasteiger partial charge in [0.25, 0.3) is 11.4 Å². The van der Waals surface area contributed by atoms with Gasteiger partial charge < -0.3 is 0 Å². The van der Waals surface area contributed by atoms with E-state index in [9.17, 15) is 10.5 Å². The summed E-state index contributed by atoms with van der Waals surface area (Å²) in [6.07, 6.45) is 3.77. The maximum absolute atomic E-state index is 9.86. The van der Waals surface area contributed by atoms with Gasteiger partial charge in [0, 0.05) is 0 Å². The molecule has 0 atom stereocenters. The lowest BCUT2D eigenvalue weighted by atomic mass is 9.94. The fourth-order valence-corrected chi connectivity index (χ4v) is 6.50. The normalized spacial score (nSPS) is 15.2. The van der Waals surface area contributed by atoms with Gasteiger partial charge in [0.15, 0.2) is 0 Å². The molecule has 0 unspecified atom stereocenters. The summed E-state index contributed by atoms with van der Waals surface area (Å²) in [5.74, 6) is 0.0197. The molecule has 0 aliphatic heterocycles. The lowest BCUT2D eigenvalue weighted by Crippen LogP contribution is -2.17. The third kappa shape index (κ3) is 4.32. The van der Waals surface area contributed by atoms with Crippen LogP contribution in [0, 0.1) is 41.7 Å². The van der Waals surface area contributed by atoms with Crippen LogP contribution in [0.25, 0.3) is 9.69 Å². The summed E-state index contributed by atoms with van der Waals surface area (Å²) >= 11 is 0. The van der Waals surface area contributed by atoms with E-state index in [0.717, 1.165) is 36.3 Å². The Bertz CT molecular complexity index is 1060. The van der Waals surface area contributed by atoms with Crippen molar-refractivity contribution >= 4 is 18.5 Å². The second-order valence-electron chi connectivity index (χ2n) is 6.89. The van der Waals surface area contributed by atoms with Gasteiger partial charge in [-0.2, -0.15) is 0 Å². The van der Waals surface area contributed by atoms with Crippen LogP contribution in [0.2, 0.25) is 0 Å². The molecule has 144 valence electrons. The van der Waals surface area contributed by atoms with Crippen LogP contribution in [0.5, 0.6) is 0 Å².